The van der Waals surface area contributed by atoms with E-state index in [-0.39, 0.29) is 0 Å². The van der Waals surface area contributed by atoms with Crippen molar-refractivity contribution in [2.24, 2.45) is 0 Å². The summed E-state index contributed by atoms with van der Waals surface area (Å²) in [5, 5.41) is 18.6. The van der Waals surface area contributed by atoms with E-state index in [4.69, 9.17) is 5.11 Å². The van der Waals surface area contributed by atoms with Crippen molar-refractivity contribution in [3.8, 4) is 0 Å². The van der Waals surface area contributed by atoms with Gasteiger partial charge in [0.15, 0.2) is 6.10 Å². The van der Waals surface area contributed by atoms with Crippen molar-refractivity contribution in [3.63, 3.8) is 0 Å². The first kappa shape index (κ1) is 11.6. The Balaban J connectivity index is 2.19. The van der Waals surface area contributed by atoms with Crippen molar-refractivity contribution in [3.05, 3.63) is 21.9 Å². The molecule has 1 aromatic heterocycles. The zero-order chi connectivity index (χ0) is 11.8. The summed E-state index contributed by atoms with van der Waals surface area (Å²) in [6.45, 7) is 2.12. The van der Waals surface area contributed by atoms with Crippen molar-refractivity contribution in [1.82, 2.24) is 0 Å². The van der Waals surface area contributed by atoms with Crippen LogP contribution in [0.15, 0.2) is 12.1 Å². The van der Waals surface area contributed by atoms with Crippen LogP contribution in [0.2, 0.25) is 0 Å². The van der Waals surface area contributed by atoms with E-state index in [0.717, 1.165) is 30.6 Å². The molecule has 0 saturated heterocycles. The second-order valence-corrected chi connectivity index (χ2v) is 5.58. The second kappa shape index (κ2) is 4.18. The molecule has 1 aliphatic carbocycles. The lowest BCUT2D eigenvalue weighted by atomic mass is 9.97. The zero-order valence-electron chi connectivity index (χ0n) is 9.27. The van der Waals surface area contributed by atoms with Crippen molar-refractivity contribution in [2.75, 3.05) is 0 Å². The molecule has 1 unspecified atom stereocenters. The first-order valence-electron chi connectivity index (χ1n) is 5.60. The molecule has 2 N–H and O–H groups in total. The average molecular weight is 240 g/mol. The number of carboxylic acid groups (broad SMARTS) is 1. The number of hydrogen-bond acceptors (Lipinski definition) is 3. The molecule has 4 heteroatoms. The molecule has 0 aromatic carbocycles. The van der Waals surface area contributed by atoms with E-state index in [2.05, 4.69) is 13.0 Å². The van der Waals surface area contributed by atoms with Crippen LogP contribution in [0.5, 0.6) is 0 Å². The van der Waals surface area contributed by atoms with Crippen LogP contribution in [0.1, 0.15) is 35.9 Å². The van der Waals surface area contributed by atoms with Gasteiger partial charge in [-0.25, -0.2) is 4.79 Å². The molecule has 3 nitrogen and oxygen atoms in total. The molecular weight excluding hydrogens is 224 g/mol. The van der Waals surface area contributed by atoms with Crippen molar-refractivity contribution < 1.29 is 15.0 Å². The highest BCUT2D eigenvalue weighted by Gasteiger charge is 2.54. The first-order chi connectivity index (χ1) is 7.60. The van der Waals surface area contributed by atoms with E-state index < -0.39 is 17.5 Å². The third kappa shape index (κ3) is 1.87. The van der Waals surface area contributed by atoms with Crippen LogP contribution >= 0.6 is 11.3 Å². The van der Waals surface area contributed by atoms with Gasteiger partial charge in [0.05, 0.1) is 0 Å². The summed E-state index contributed by atoms with van der Waals surface area (Å²) in [5.74, 6) is -1.11. The number of rotatable bonds is 5. The maximum absolute atomic E-state index is 10.8. The van der Waals surface area contributed by atoms with Crippen LogP contribution in [-0.2, 0) is 16.6 Å². The topological polar surface area (TPSA) is 57.5 Å². The molecule has 1 aliphatic rings. The van der Waals surface area contributed by atoms with Crippen LogP contribution in [0.3, 0.4) is 0 Å². The minimum Gasteiger partial charge on any atom is -0.479 e. The fraction of sp³-hybridized carbons (Fsp3) is 0.583. The number of aliphatic hydroxyl groups is 1. The smallest absolute Gasteiger partial charge is 0.333 e. The fourth-order valence-corrected chi connectivity index (χ4v) is 3.43. The predicted molar refractivity (Wildman–Crippen MR) is 62.9 cm³/mol. The quantitative estimate of drug-likeness (QED) is 0.829. The summed E-state index contributed by atoms with van der Waals surface area (Å²) in [4.78, 5) is 13.2. The van der Waals surface area contributed by atoms with Crippen molar-refractivity contribution in [1.29, 1.82) is 0 Å². The van der Waals surface area contributed by atoms with Gasteiger partial charge in [-0.1, -0.05) is 13.3 Å². The van der Waals surface area contributed by atoms with Gasteiger partial charge in [-0.15, -0.1) is 11.3 Å². The number of aryl methyl sites for hydroxylation is 1. The molecule has 1 aromatic rings. The molecule has 0 aliphatic heterocycles. The molecule has 1 heterocycles. The number of carbonyl (C=O) groups is 1. The Kier molecular flexibility index (Phi) is 3.04. The Morgan fingerprint density at radius 1 is 1.56 bits per heavy atom. The molecule has 1 atom stereocenters. The summed E-state index contributed by atoms with van der Waals surface area (Å²) in [6.07, 6.45) is 2.44. The maximum atomic E-state index is 10.8. The highest BCUT2D eigenvalue weighted by molar-refractivity contribution is 7.12. The lowest BCUT2D eigenvalue weighted by molar-refractivity contribution is -0.148. The SMILES string of the molecule is CCCc1ccc(C2(C(O)C(=O)O)CC2)s1. The van der Waals surface area contributed by atoms with Crippen LogP contribution in [0.25, 0.3) is 0 Å². The van der Waals surface area contributed by atoms with Crippen LogP contribution in [-0.4, -0.2) is 22.3 Å². The first-order valence-corrected chi connectivity index (χ1v) is 6.42. The zero-order valence-corrected chi connectivity index (χ0v) is 10.1. The molecule has 0 amide bonds. The minimum absolute atomic E-state index is 0.484. The van der Waals surface area contributed by atoms with Gasteiger partial charge in [-0.3, -0.25) is 0 Å². The van der Waals surface area contributed by atoms with Crippen LogP contribution in [0.4, 0.5) is 0 Å². The van der Waals surface area contributed by atoms with E-state index in [0.29, 0.717) is 0 Å². The number of hydrogen-bond donors (Lipinski definition) is 2. The third-order valence-corrected chi connectivity index (χ3v) is 4.56. The van der Waals surface area contributed by atoms with E-state index in [1.165, 1.54) is 4.88 Å². The van der Waals surface area contributed by atoms with Crippen molar-refractivity contribution >= 4 is 17.3 Å². The Morgan fingerprint density at radius 2 is 2.25 bits per heavy atom. The van der Waals surface area contributed by atoms with E-state index in [1.807, 2.05) is 6.07 Å². The number of aliphatic hydroxyl groups excluding tert-OH is 1. The maximum Gasteiger partial charge on any atom is 0.333 e. The van der Waals surface area contributed by atoms with Crippen molar-refractivity contribution in [2.45, 2.75) is 44.1 Å². The summed E-state index contributed by atoms with van der Waals surface area (Å²) in [5.41, 5.74) is -0.484. The largest absolute Gasteiger partial charge is 0.479 e. The molecule has 0 bridgehead atoms. The summed E-state index contributed by atoms with van der Waals surface area (Å²) in [7, 11) is 0. The van der Waals surface area contributed by atoms with Crippen LogP contribution in [0, 0.1) is 0 Å². The van der Waals surface area contributed by atoms with E-state index >= 15 is 0 Å². The summed E-state index contributed by atoms with van der Waals surface area (Å²) in [6, 6.07) is 4.03. The van der Waals surface area contributed by atoms with E-state index in [9.17, 15) is 9.90 Å². The Bertz CT molecular complexity index is 393. The summed E-state index contributed by atoms with van der Waals surface area (Å²) < 4.78 is 0. The standard InChI is InChI=1S/C12H16O3S/c1-2-3-8-4-5-9(16-8)12(6-7-12)10(13)11(14)15/h4-5,10,13H,2-3,6-7H2,1H3,(H,14,15). The third-order valence-electron chi connectivity index (χ3n) is 3.19. The minimum atomic E-state index is -1.25. The van der Waals surface area contributed by atoms with Gasteiger partial charge in [0.1, 0.15) is 0 Å². The molecular formula is C12H16O3S. The highest BCUT2D eigenvalue weighted by atomic mass is 32.1. The lowest BCUT2D eigenvalue weighted by Crippen LogP contribution is -2.33. The molecule has 1 fully saturated rings. The number of thiophene rings is 1. The Labute approximate surface area is 98.7 Å². The van der Waals surface area contributed by atoms with Gasteiger partial charge in [-0.2, -0.15) is 0 Å². The van der Waals surface area contributed by atoms with Gasteiger partial charge < -0.3 is 10.2 Å². The number of aliphatic carboxylic acids is 1. The second-order valence-electron chi connectivity index (χ2n) is 4.41. The monoisotopic (exact) mass is 240 g/mol. The van der Waals surface area contributed by atoms with Crippen LogP contribution < -0.4 is 0 Å². The Morgan fingerprint density at radius 3 is 2.75 bits per heavy atom. The molecule has 0 radical (unpaired) electrons. The molecule has 16 heavy (non-hydrogen) atoms. The van der Waals surface area contributed by atoms with Gasteiger partial charge >= 0.3 is 5.97 Å². The predicted octanol–water partition coefficient (Wildman–Crippen LogP) is 2.18. The average Bonchev–Trinajstić information content (AvgIpc) is 2.93. The van der Waals surface area contributed by atoms with Gasteiger partial charge in [-0.05, 0) is 31.4 Å². The Hall–Kier alpha value is -0.870. The van der Waals surface area contributed by atoms with Gasteiger partial charge in [0.25, 0.3) is 0 Å². The van der Waals surface area contributed by atoms with E-state index in [1.54, 1.807) is 11.3 Å². The van der Waals surface area contributed by atoms with Gasteiger partial charge in [0, 0.05) is 15.2 Å². The van der Waals surface area contributed by atoms with Gasteiger partial charge in [0.2, 0.25) is 0 Å². The normalized spacial score (nSPS) is 19.4. The number of carboxylic acids is 1. The molecule has 0 spiro atoms. The molecule has 88 valence electrons. The summed E-state index contributed by atoms with van der Waals surface area (Å²) >= 11 is 1.65. The lowest BCUT2D eigenvalue weighted by Gasteiger charge is -2.16. The molecule has 2 rings (SSSR count). The fourth-order valence-electron chi connectivity index (χ4n) is 2.05. The molecule has 1 saturated carbocycles. The highest BCUT2D eigenvalue weighted by Crippen LogP contribution is 2.53.